The molecule has 0 aromatic carbocycles. The van der Waals surface area contributed by atoms with Crippen LogP contribution in [0.1, 0.15) is 20.3 Å². The molecule has 0 saturated carbocycles. The second-order valence-corrected chi connectivity index (χ2v) is 5.98. The SMILES string of the molecule is COCCOCCCSC(C)(C)[C@H](N)C(=O)O. The molecule has 1 atom stereocenters. The lowest BCUT2D eigenvalue weighted by Gasteiger charge is -2.27. The van der Waals surface area contributed by atoms with Gasteiger partial charge in [0.2, 0.25) is 0 Å². The van der Waals surface area contributed by atoms with Crippen LogP contribution < -0.4 is 5.73 Å². The number of ether oxygens (including phenoxy) is 2. The van der Waals surface area contributed by atoms with E-state index in [0.29, 0.717) is 19.8 Å². The Balaban J connectivity index is 3.62. The number of carbonyl (C=O) groups is 1. The zero-order valence-corrected chi connectivity index (χ0v) is 11.6. The lowest BCUT2D eigenvalue weighted by Crippen LogP contribution is -2.46. The summed E-state index contributed by atoms with van der Waals surface area (Å²) in [4.78, 5) is 10.8. The fraction of sp³-hybridized carbons (Fsp3) is 0.909. The maximum atomic E-state index is 10.8. The van der Waals surface area contributed by atoms with Crippen LogP contribution in [-0.2, 0) is 14.3 Å². The van der Waals surface area contributed by atoms with Crippen molar-refractivity contribution in [1.29, 1.82) is 0 Å². The number of thioether (sulfide) groups is 1. The van der Waals surface area contributed by atoms with E-state index in [1.807, 2.05) is 13.8 Å². The summed E-state index contributed by atoms with van der Waals surface area (Å²) < 4.78 is 9.70. The summed E-state index contributed by atoms with van der Waals surface area (Å²) in [6.45, 7) is 5.56. The van der Waals surface area contributed by atoms with Crippen molar-refractivity contribution in [3.8, 4) is 0 Å². The number of methoxy groups -OCH3 is 1. The molecule has 0 aliphatic rings. The van der Waals surface area contributed by atoms with E-state index >= 15 is 0 Å². The Morgan fingerprint density at radius 2 is 2.06 bits per heavy atom. The van der Waals surface area contributed by atoms with Gasteiger partial charge in [0.05, 0.1) is 13.2 Å². The fourth-order valence-corrected chi connectivity index (χ4v) is 2.20. The van der Waals surface area contributed by atoms with Crippen LogP contribution in [-0.4, -0.2) is 54.5 Å². The molecule has 0 aliphatic heterocycles. The maximum absolute atomic E-state index is 10.8. The molecule has 3 N–H and O–H groups in total. The Kier molecular flexibility index (Phi) is 8.59. The maximum Gasteiger partial charge on any atom is 0.321 e. The first-order chi connectivity index (χ1) is 7.91. The van der Waals surface area contributed by atoms with Crippen LogP contribution in [0.2, 0.25) is 0 Å². The number of hydrogen-bond acceptors (Lipinski definition) is 5. The molecule has 0 amide bonds. The molecule has 0 unspecified atom stereocenters. The molecule has 0 aliphatic carbocycles. The van der Waals surface area contributed by atoms with Gasteiger partial charge in [0.15, 0.2) is 0 Å². The molecule has 0 saturated heterocycles. The number of hydrogen-bond donors (Lipinski definition) is 2. The van der Waals surface area contributed by atoms with Gasteiger partial charge in [-0.05, 0) is 26.0 Å². The van der Waals surface area contributed by atoms with Crippen molar-refractivity contribution >= 4 is 17.7 Å². The van der Waals surface area contributed by atoms with Crippen LogP contribution in [0, 0.1) is 0 Å². The molecule has 0 radical (unpaired) electrons. The van der Waals surface area contributed by atoms with Crippen molar-refractivity contribution in [2.45, 2.75) is 31.1 Å². The summed E-state index contributed by atoms with van der Waals surface area (Å²) in [5.41, 5.74) is 5.61. The molecule has 0 fully saturated rings. The van der Waals surface area contributed by atoms with E-state index in [-0.39, 0.29) is 0 Å². The Morgan fingerprint density at radius 1 is 1.41 bits per heavy atom. The highest BCUT2D eigenvalue weighted by Gasteiger charge is 2.32. The van der Waals surface area contributed by atoms with Gasteiger partial charge >= 0.3 is 5.97 Å². The summed E-state index contributed by atoms with van der Waals surface area (Å²) in [6, 6.07) is -0.845. The Hall–Kier alpha value is -0.300. The van der Waals surface area contributed by atoms with Gasteiger partial charge in [-0.2, -0.15) is 11.8 Å². The smallest absolute Gasteiger partial charge is 0.321 e. The summed E-state index contributed by atoms with van der Waals surface area (Å²) in [5, 5.41) is 8.84. The Bertz CT molecular complexity index is 224. The average molecular weight is 265 g/mol. The van der Waals surface area contributed by atoms with Crippen LogP contribution in [0.3, 0.4) is 0 Å². The molecular weight excluding hydrogens is 242 g/mol. The highest BCUT2D eigenvalue weighted by atomic mass is 32.2. The molecule has 0 spiro atoms. The van der Waals surface area contributed by atoms with Crippen molar-refractivity contribution in [2.75, 3.05) is 32.7 Å². The van der Waals surface area contributed by atoms with E-state index in [9.17, 15) is 4.79 Å². The summed E-state index contributed by atoms with van der Waals surface area (Å²) >= 11 is 1.56. The first kappa shape index (κ1) is 16.7. The van der Waals surface area contributed by atoms with Gasteiger partial charge in [-0.3, -0.25) is 4.79 Å². The molecule has 0 rings (SSSR count). The standard InChI is InChI=1S/C11H23NO4S/c1-11(2,9(12)10(13)14)17-8-4-5-16-7-6-15-3/h9H,4-8,12H2,1-3H3,(H,13,14)/t9-/m1/s1. The molecule has 6 heteroatoms. The lowest BCUT2D eigenvalue weighted by atomic mass is 10.1. The third-order valence-corrected chi connectivity index (χ3v) is 3.84. The van der Waals surface area contributed by atoms with Crippen molar-refractivity contribution in [3.05, 3.63) is 0 Å². The molecule has 0 bridgehead atoms. The van der Waals surface area contributed by atoms with Crippen molar-refractivity contribution < 1.29 is 19.4 Å². The van der Waals surface area contributed by atoms with Crippen molar-refractivity contribution in [2.24, 2.45) is 5.73 Å². The van der Waals surface area contributed by atoms with Gasteiger partial charge in [0.25, 0.3) is 0 Å². The van der Waals surface area contributed by atoms with E-state index in [4.69, 9.17) is 20.3 Å². The van der Waals surface area contributed by atoms with Crippen molar-refractivity contribution in [3.63, 3.8) is 0 Å². The first-order valence-corrected chi connectivity index (χ1v) is 6.59. The summed E-state index contributed by atoms with van der Waals surface area (Å²) in [7, 11) is 1.63. The van der Waals surface area contributed by atoms with Crippen LogP contribution in [0.25, 0.3) is 0 Å². The largest absolute Gasteiger partial charge is 0.480 e. The quantitative estimate of drug-likeness (QED) is 0.573. The van der Waals surface area contributed by atoms with Gasteiger partial charge in [-0.25, -0.2) is 0 Å². The molecule has 0 aromatic heterocycles. The molecular formula is C11H23NO4S. The highest BCUT2D eigenvalue weighted by Crippen LogP contribution is 2.27. The molecule has 5 nitrogen and oxygen atoms in total. The Morgan fingerprint density at radius 3 is 2.59 bits per heavy atom. The second kappa shape index (κ2) is 8.74. The third kappa shape index (κ3) is 7.59. The van der Waals surface area contributed by atoms with E-state index in [2.05, 4.69) is 0 Å². The molecule has 17 heavy (non-hydrogen) atoms. The van der Waals surface area contributed by atoms with E-state index < -0.39 is 16.8 Å². The fourth-order valence-electron chi connectivity index (χ4n) is 1.13. The monoisotopic (exact) mass is 265 g/mol. The number of rotatable bonds is 10. The third-order valence-electron chi connectivity index (χ3n) is 2.35. The van der Waals surface area contributed by atoms with Gasteiger partial charge in [-0.15, -0.1) is 0 Å². The highest BCUT2D eigenvalue weighted by molar-refractivity contribution is 8.00. The van der Waals surface area contributed by atoms with E-state index in [1.165, 1.54) is 0 Å². The number of carboxylic acids is 1. The van der Waals surface area contributed by atoms with Crippen LogP contribution >= 0.6 is 11.8 Å². The Labute approximate surface area is 107 Å². The zero-order valence-electron chi connectivity index (χ0n) is 10.8. The predicted molar refractivity (Wildman–Crippen MR) is 69.5 cm³/mol. The summed E-state index contributed by atoms with van der Waals surface area (Å²) in [5.74, 6) is -0.125. The average Bonchev–Trinajstić information content (AvgIpc) is 2.26. The first-order valence-electron chi connectivity index (χ1n) is 5.61. The molecule has 0 aromatic rings. The van der Waals surface area contributed by atoms with Gasteiger partial charge in [-0.1, -0.05) is 0 Å². The van der Waals surface area contributed by atoms with Gasteiger partial charge < -0.3 is 20.3 Å². The van der Waals surface area contributed by atoms with Gasteiger partial charge in [0, 0.05) is 18.5 Å². The molecule has 0 heterocycles. The second-order valence-electron chi connectivity index (χ2n) is 4.23. The number of aliphatic carboxylic acids is 1. The summed E-state index contributed by atoms with van der Waals surface area (Å²) in [6.07, 6.45) is 0.879. The van der Waals surface area contributed by atoms with Crippen LogP contribution in [0.4, 0.5) is 0 Å². The minimum absolute atomic E-state index is 0.460. The minimum Gasteiger partial charge on any atom is -0.480 e. The predicted octanol–water partition coefficient (Wildman–Crippen LogP) is 0.963. The van der Waals surface area contributed by atoms with Crippen LogP contribution in [0.5, 0.6) is 0 Å². The zero-order chi connectivity index (χ0) is 13.3. The normalized spacial score (nSPS) is 13.6. The van der Waals surface area contributed by atoms with E-state index in [1.54, 1.807) is 18.9 Å². The number of carboxylic acid groups (broad SMARTS) is 1. The topological polar surface area (TPSA) is 81.8 Å². The number of nitrogens with two attached hydrogens (primary N) is 1. The van der Waals surface area contributed by atoms with Crippen molar-refractivity contribution in [1.82, 2.24) is 0 Å². The minimum atomic E-state index is -0.959. The lowest BCUT2D eigenvalue weighted by molar-refractivity contribution is -0.139. The van der Waals surface area contributed by atoms with E-state index in [0.717, 1.165) is 12.2 Å². The molecule has 102 valence electrons. The van der Waals surface area contributed by atoms with Gasteiger partial charge in [0.1, 0.15) is 6.04 Å². The van der Waals surface area contributed by atoms with Crippen LogP contribution in [0.15, 0.2) is 0 Å².